The van der Waals surface area contributed by atoms with Crippen molar-refractivity contribution in [3.8, 4) is 5.88 Å². The largest absolute Gasteiger partial charge is 0.477 e. The van der Waals surface area contributed by atoms with Crippen molar-refractivity contribution < 1.29 is 27.8 Å². The minimum atomic E-state index is -4.63. The van der Waals surface area contributed by atoms with Crippen molar-refractivity contribution in [1.29, 1.82) is 0 Å². The molecule has 0 aromatic carbocycles. The number of aromatic carboxylic acids is 1. The van der Waals surface area contributed by atoms with Gasteiger partial charge < -0.3 is 9.84 Å². The number of alkyl halides is 3. The van der Waals surface area contributed by atoms with Gasteiger partial charge >= 0.3 is 12.1 Å². The summed E-state index contributed by atoms with van der Waals surface area (Å²) < 4.78 is 43.5. The van der Waals surface area contributed by atoms with E-state index >= 15 is 0 Å². The molecule has 1 heterocycles. The lowest BCUT2D eigenvalue weighted by Gasteiger charge is -2.18. The number of carbonyl (C=O) groups is 1. The van der Waals surface area contributed by atoms with Crippen LogP contribution in [0.25, 0.3) is 0 Å². The van der Waals surface area contributed by atoms with Crippen molar-refractivity contribution in [3.63, 3.8) is 0 Å². The molecule has 1 aromatic rings. The summed E-state index contributed by atoms with van der Waals surface area (Å²) in [4.78, 5) is 14.5. The van der Waals surface area contributed by atoms with E-state index in [0.29, 0.717) is 18.9 Å². The quantitative estimate of drug-likeness (QED) is 0.860. The lowest BCUT2D eigenvalue weighted by atomic mass is 10.1. The Balaban J connectivity index is 2.27. The SMILES string of the molecule is O=C(O)c1ccc(C(F)(F)F)nc1OC1CCCCCC1. The highest BCUT2D eigenvalue weighted by molar-refractivity contribution is 5.90. The number of hydrogen-bond donors (Lipinski definition) is 1. The van der Waals surface area contributed by atoms with Gasteiger partial charge in [0, 0.05) is 0 Å². The van der Waals surface area contributed by atoms with E-state index in [1.165, 1.54) is 0 Å². The van der Waals surface area contributed by atoms with E-state index in [4.69, 9.17) is 9.84 Å². The zero-order valence-electron chi connectivity index (χ0n) is 11.3. The Morgan fingerprint density at radius 1 is 1.19 bits per heavy atom. The summed E-state index contributed by atoms with van der Waals surface area (Å²) >= 11 is 0. The van der Waals surface area contributed by atoms with Crippen LogP contribution in [-0.4, -0.2) is 22.2 Å². The Bertz CT molecular complexity index is 509. The number of carboxylic acids is 1. The average Bonchev–Trinajstić information content (AvgIpc) is 2.66. The molecule has 0 unspecified atom stereocenters. The molecule has 0 saturated heterocycles. The Kier molecular flexibility index (Phi) is 4.69. The fraction of sp³-hybridized carbons (Fsp3) is 0.571. The predicted octanol–water partition coefficient (Wildman–Crippen LogP) is 3.90. The topological polar surface area (TPSA) is 59.4 Å². The van der Waals surface area contributed by atoms with E-state index in [2.05, 4.69) is 4.98 Å². The smallest absolute Gasteiger partial charge is 0.433 e. The number of ether oxygens (including phenoxy) is 1. The maximum Gasteiger partial charge on any atom is 0.433 e. The van der Waals surface area contributed by atoms with Gasteiger partial charge in [-0.3, -0.25) is 0 Å². The van der Waals surface area contributed by atoms with Crippen molar-refractivity contribution in [2.75, 3.05) is 0 Å². The molecule has 0 aliphatic heterocycles. The molecule has 1 aliphatic carbocycles. The van der Waals surface area contributed by atoms with Crippen LogP contribution in [0.2, 0.25) is 0 Å². The standard InChI is InChI=1S/C14H16F3NO3/c15-14(16,17)11-8-7-10(13(19)20)12(18-11)21-9-5-3-1-2-4-6-9/h7-9H,1-6H2,(H,19,20). The number of pyridine rings is 1. The normalized spacial score (nSPS) is 17.3. The van der Waals surface area contributed by atoms with E-state index in [-0.39, 0.29) is 11.7 Å². The molecular formula is C14H16F3NO3. The Morgan fingerprint density at radius 2 is 1.81 bits per heavy atom. The number of nitrogens with zero attached hydrogens (tertiary/aromatic N) is 1. The van der Waals surface area contributed by atoms with Crippen LogP contribution in [0.15, 0.2) is 12.1 Å². The molecule has 0 atom stereocenters. The summed E-state index contributed by atoms with van der Waals surface area (Å²) in [5.41, 5.74) is -1.48. The average molecular weight is 303 g/mol. The number of rotatable bonds is 3. The third kappa shape index (κ3) is 4.09. The molecule has 7 heteroatoms. The second kappa shape index (κ2) is 6.32. The number of aromatic nitrogens is 1. The van der Waals surface area contributed by atoms with Gasteiger partial charge in [0.1, 0.15) is 17.4 Å². The molecule has 1 N–H and O–H groups in total. The molecular weight excluding hydrogens is 287 g/mol. The van der Waals surface area contributed by atoms with Gasteiger partial charge in [-0.1, -0.05) is 12.8 Å². The highest BCUT2D eigenvalue weighted by Gasteiger charge is 2.34. The Hall–Kier alpha value is -1.79. The third-order valence-corrected chi connectivity index (χ3v) is 3.46. The minimum absolute atomic E-state index is 0.276. The fourth-order valence-corrected chi connectivity index (χ4v) is 2.37. The molecule has 0 radical (unpaired) electrons. The van der Waals surface area contributed by atoms with E-state index in [1.807, 2.05) is 0 Å². The fourth-order valence-electron chi connectivity index (χ4n) is 2.37. The summed E-state index contributed by atoms with van der Waals surface area (Å²) in [6, 6.07) is 1.55. The zero-order chi connectivity index (χ0) is 15.5. The molecule has 2 rings (SSSR count). The maximum atomic E-state index is 12.7. The van der Waals surface area contributed by atoms with Crippen LogP contribution in [0, 0.1) is 0 Å². The molecule has 1 aromatic heterocycles. The molecule has 21 heavy (non-hydrogen) atoms. The van der Waals surface area contributed by atoms with Gasteiger partial charge in [-0.2, -0.15) is 13.2 Å². The lowest BCUT2D eigenvalue weighted by Crippen LogP contribution is -2.19. The number of carboxylic acid groups (broad SMARTS) is 1. The van der Waals surface area contributed by atoms with Crippen molar-refractivity contribution >= 4 is 5.97 Å². The monoisotopic (exact) mass is 303 g/mol. The number of halogens is 3. The van der Waals surface area contributed by atoms with Crippen molar-refractivity contribution in [2.45, 2.75) is 50.8 Å². The highest BCUT2D eigenvalue weighted by Crippen LogP contribution is 2.31. The molecule has 0 bridgehead atoms. The summed E-state index contributed by atoms with van der Waals surface area (Å²) in [5.74, 6) is -1.79. The van der Waals surface area contributed by atoms with Crippen molar-refractivity contribution in [1.82, 2.24) is 4.98 Å². The minimum Gasteiger partial charge on any atom is -0.477 e. The first-order chi connectivity index (χ1) is 9.88. The van der Waals surface area contributed by atoms with Gasteiger partial charge in [-0.25, -0.2) is 9.78 Å². The molecule has 0 spiro atoms. The van der Waals surface area contributed by atoms with E-state index in [1.54, 1.807) is 0 Å². The van der Waals surface area contributed by atoms with Crippen LogP contribution in [0.3, 0.4) is 0 Å². The van der Waals surface area contributed by atoms with E-state index in [9.17, 15) is 18.0 Å². The zero-order valence-corrected chi connectivity index (χ0v) is 11.3. The van der Waals surface area contributed by atoms with Gasteiger partial charge in [-0.05, 0) is 37.8 Å². The summed E-state index contributed by atoms with van der Waals surface area (Å²) in [6.45, 7) is 0. The van der Waals surface area contributed by atoms with Crippen LogP contribution >= 0.6 is 0 Å². The lowest BCUT2D eigenvalue weighted by molar-refractivity contribution is -0.141. The molecule has 1 aliphatic rings. The van der Waals surface area contributed by atoms with Gasteiger partial charge in [-0.15, -0.1) is 0 Å². The molecule has 4 nitrogen and oxygen atoms in total. The molecule has 1 fully saturated rings. The predicted molar refractivity (Wildman–Crippen MR) is 68.3 cm³/mol. The summed E-state index contributed by atoms with van der Waals surface area (Å²) in [7, 11) is 0. The van der Waals surface area contributed by atoms with Crippen LogP contribution in [0.5, 0.6) is 5.88 Å². The van der Waals surface area contributed by atoms with Gasteiger partial charge in [0.15, 0.2) is 0 Å². The van der Waals surface area contributed by atoms with E-state index < -0.39 is 23.7 Å². The molecule has 1 saturated carbocycles. The summed E-state index contributed by atoms with van der Waals surface area (Å²) in [6.07, 6.45) is 0.468. The molecule has 0 amide bonds. The Labute approximate surface area is 119 Å². The van der Waals surface area contributed by atoms with Crippen LogP contribution < -0.4 is 4.74 Å². The second-order valence-corrected chi connectivity index (χ2v) is 5.08. The third-order valence-electron chi connectivity index (χ3n) is 3.46. The van der Waals surface area contributed by atoms with Crippen LogP contribution in [-0.2, 0) is 6.18 Å². The van der Waals surface area contributed by atoms with Crippen molar-refractivity contribution in [3.05, 3.63) is 23.4 Å². The Morgan fingerprint density at radius 3 is 2.33 bits per heavy atom. The van der Waals surface area contributed by atoms with Crippen molar-refractivity contribution in [2.24, 2.45) is 0 Å². The first-order valence-corrected chi connectivity index (χ1v) is 6.86. The van der Waals surface area contributed by atoms with E-state index in [0.717, 1.165) is 31.7 Å². The first-order valence-electron chi connectivity index (χ1n) is 6.86. The van der Waals surface area contributed by atoms with Crippen LogP contribution in [0.1, 0.15) is 54.6 Å². The second-order valence-electron chi connectivity index (χ2n) is 5.08. The number of hydrogen-bond acceptors (Lipinski definition) is 3. The van der Waals surface area contributed by atoms with Gasteiger partial charge in [0.25, 0.3) is 0 Å². The summed E-state index contributed by atoms with van der Waals surface area (Å²) in [5, 5.41) is 9.04. The van der Waals surface area contributed by atoms with Gasteiger partial charge in [0.05, 0.1) is 0 Å². The first kappa shape index (κ1) is 15.6. The van der Waals surface area contributed by atoms with Gasteiger partial charge in [0.2, 0.25) is 5.88 Å². The maximum absolute atomic E-state index is 12.7. The highest BCUT2D eigenvalue weighted by atomic mass is 19.4. The molecule has 116 valence electrons. The van der Waals surface area contributed by atoms with Crippen LogP contribution in [0.4, 0.5) is 13.2 Å².